The molecule has 2 aromatic rings. The molecular weight excluding hydrogens is 290 g/mol. The van der Waals surface area contributed by atoms with E-state index in [0.717, 1.165) is 11.3 Å². The van der Waals surface area contributed by atoms with Gasteiger partial charge in [-0.05, 0) is 26.8 Å². The summed E-state index contributed by atoms with van der Waals surface area (Å²) in [6.45, 7) is 5.51. The Bertz CT molecular complexity index is 689. The zero-order chi connectivity index (χ0) is 15.6. The molecule has 0 aliphatic rings. The highest BCUT2D eigenvalue weighted by molar-refractivity contribution is 7.21. The lowest BCUT2D eigenvalue weighted by molar-refractivity contribution is -0.121. The van der Waals surface area contributed by atoms with Crippen LogP contribution in [-0.4, -0.2) is 34.1 Å². The summed E-state index contributed by atoms with van der Waals surface area (Å²) in [7, 11) is 0. The van der Waals surface area contributed by atoms with Crippen molar-refractivity contribution in [1.82, 2.24) is 20.8 Å². The van der Waals surface area contributed by atoms with Crippen LogP contribution in [0.3, 0.4) is 0 Å². The van der Waals surface area contributed by atoms with E-state index in [2.05, 4.69) is 20.8 Å². The van der Waals surface area contributed by atoms with Crippen LogP contribution in [-0.2, 0) is 4.79 Å². The fourth-order valence-corrected chi connectivity index (χ4v) is 2.70. The number of hydrogen-bond acceptors (Lipinski definition) is 6. The molecule has 0 unspecified atom stereocenters. The highest BCUT2D eigenvalue weighted by atomic mass is 32.1. The van der Waals surface area contributed by atoms with E-state index in [9.17, 15) is 9.59 Å². The predicted molar refractivity (Wildman–Crippen MR) is 82.1 cm³/mol. The lowest BCUT2D eigenvalue weighted by Crippen LogP contribution is -2.45. The SMILES string of the molecule is CC(C)(C)NC(=O)CNC(=O)c1sc2nnccc2c1N. The van der Waals surface area contributed by atoms with Crippen molar-refractivity contribution in [2.45, 2.75) is 26.3 Å². The second-order valence-electron chi connectivity index (χ2n) is 5.58. The Morgan fingerprint density at radius 1 is 1.38 bits per heavy atom. The standard InChI is InChI=1S/C13H17N5O2S/c1-13(2,3)17-8(19)6-15-11(20)10-9(14)7-4-5-16-18-12(7)21-10/h4-5H,6,14H2,1-3H3,(H,15,20)(H,17,19). The molecule has 112 valence electrons. The Hall–Kier alpha value is -2.22. The molecule has 2 aromatic heterocycles. The number of carbonyl (C=O) groups excluding carboxylic acids is 2. The van der Waals surface area contributed by atoms with Gasteiger partial charge in [0.05, 0.1) is 18.4 Å². The Balaban J connectivity index is 2.06. The molecule has 2 heterocycles. The van der Waals surface area contributed by atoms with Crippen LogP contribution >= 0.6 is 11.3 Å². The Labute approximate surface area is 125 Å². The van der Waals surface area contributed by atoms with E-state index < -0.39 is 0 Å². The Kier molecular flexibility index (Phi) is 4.08. The van der Waals surface area contributed by atoms with Gasteiger partial charge in [-0.2, -0.15) is 5.10 Å². The van der Waals surface area contributed by atoms with Gasteiger partial charge < -0.3 is 16.4 Å². The monoisotopic (exact) mass is 307 g/mol. The molecule has 0 aromatic carbocycles. The van der Waals surface area contributed by atoms with E-state index in [1.807, 2.05) is 20.8 Å². The summed E-state index contributed by atoms with van der Waals surface area (Å²) in [4.78, 5) is 24.7. The fourth-order valence-electron chi connectivity index (χ4n) is 1.75. The van der Waals surface area contributed by atoms with Gasteiger partial charge in [0, 0.05) is 10.9 Å². The largest absolute Gasteiger partial charge is 0.397 e. The molecule has 4 N–H and O–H groups in total. The van der Waals surface area contributed by atoms with Crippen molar-refractivity contribution in [1.29, 1.82) is 0 Å². The van der Waals surface area contributed by atoms with Crippen molar-refractivity contribution in [3.8, 4) is 0 Å². The van der Waals surface area contributed by atoms with E-state index >= 15 is 0 Å². The lowest BCUT2D eigenvalue weighted by Gasteiger charge is -2.20. The second kappa shape index (κ2) is 5.65. The van der Waals surface area contributed by atoms with Crippen LogP contribution in [0.4, 0.5) is 5.69 Å². The van der Waals surface area contributed by atoms with Gasteiger partial charge in [0.15, 0.2) is 0 Å². The van der Waals surface area contributed by atoms with E-state index in [1.54, 1.807) is 6.07 Å². The number of anilines is 1. The van der Waals surface area contributed by atoms with Crippen molar-refractivity contribution in [3.63, 3.8) is 0 Å². The molecule has 2 amide bonds. The van der Waals surface area contributed by atoms with Gasteiger partial charge in [-0.1, -0.05) is 0 Å². The van der Waals surface area contributed by atoms with E-state index in [1.165, 1.54) is 6.20 Å². The van der Waals surface area contributed by atoms with Crippen LogP contribution in [0, 0.1) is 0 Å². The number of nitrogens with one attached hydrogen (secondary N) is 2. The van der Waals surface area contributed by atoms with Crippen molar-refractivity contribution in [2.24, 2.45) is 0 Å². The van der Waals surface area contributed by atoms with Crippen molar-refractivity contribution in [2.75, 3.05) is 12.3 Å². The Morgan fingerprint density at radius 3 is 2.71 bits per heavy atom. The third kappa shape index (κ3) is 3.66. The van der Waals surface area contributed by atoms with Crippen LogP contribution in [0.5, 0.6) is 0 Å². The molecule has 0 saturated heterocycles. The number of thiophene rings is 1. The van der Waals surface area contributed by atoms with E-state index in [-0.39, 0.29) is 23.9 Å². The maximum absolute atomic E-state index is 12.1. The van der Waals surface area contributed by atoms with Crippen LogP contribution in [0.15, 0.2) is 12.3 Å². The summed E-state index contributed by atoms with van der Waals surface area (Å²) >= 11 is 1.15. The van der Waals surface area contributed by atoms with Crippen LogP contribution in [0.1, 0.15) is 30.4 Å². The molecule has 0 bridgehead atoms. The number of rotatable bonds is 3. The third-order valence-corrected chi connectivity index (χ3v) is 3.65. The number of fused-ring (bicyclic) bond motifs is 1. The van der Waals surface area contributed by atoms with Gasteiger partial charge in [-0.3, -0.25) is 9.59 Å². The molecule has 0 aliphatic carbocycles. The number of amides is 2. The zero-order valence-corrected chi connectivity index (χ0v) is 12.9. The van der Waals surface area contributed by atoms with Crippen LogP contribution in [0.25, 0.3) is 10.2 Å². The molecule has 0 radical (unpaired) electrons. The average Bonchev–Trinajstić information content (AvgIpc) is 2.72. The highest BCUT2D eigenvalue weighted by Gasteiger charge is 2.19. The minimum absolute atomic E-state index is 0.102. The van der Waals surface area contributed by atoms with Gasteiger partial charge in [0.1, 0.15) is 9.71 Å². The quantitative estimate of drug-likeness (QED) is 0.781. The molecule has 2 rings (SSSR count). The van der Waals surface area contributed by atoms with Gasteiger partial charge in [0.2, 0.25) is 5.91 Å². The second-order valence-corrected chi connectivity index (χ2v) is 6.57. The third-order valence-electron chi connectivity index (χ3n) is 2.55. The van der Waals surface area contributed by atoms with Gasteiger partial charge in [-0.15, -0.1) is 16.4 Å². The molecule has 0 atom stereocenters. The van der Waals surface area contributed by atoms with Gasteiger partial charge in [-0.25, -0.2) is 0 Å². The molecule has 0 fully saturated rings. The molecular formula is C13H17N5O2S. The fraction of sp³-hybridized carbons (Fsp3) is 0.385. The summed E-state index contributed by atoms with van der Waals surface area (Å²) in [5.74, 6) is -0.644. The minimum atomic E-state index is -0.389. The first-order valence-corrected chi connectivity index (χ1v) is 7.18. The first-order valence-electron chi connectivity index (χ1n) is 6.37. The number of aromatic nitrogens is 2. The van der Waals surface area contributed by atoms with Crippen molar-refractivity contribution in [3.05, 3.63) is 17.1 Å². The van der Waals surface area contributed by atoms with Gasteiger partial charge >= 0.3 is 0 Å². The maximum atomic E-state index is 12.1. The molecule has 0 saturated carbocycles. The molecule has 0 spiro atoms. The molecule has 21 heavy (non-hydrogen) atoms. The van der Waals surface area contributed by atoms with Crippen LogP contribution < -0.4 is 16.4 Å². The van der Waals surface area contributed by atoms with Crippen LogP contribution in [0.2, 0.25) is 0 Å². The number of nitrogens with two attached hydrogens (primary N) is 1. The number of nitrogen functional groups attached to an aromatic ring is 1. The van der Waals surface area contributed by atoms with E-state index in [4.69, 9.17) is 5.73 Å². The number of carbonyl (C=O) groups is 2. The lowest BCUT2D eigenvalue weighted by atomic mass is 10.1. The molecule has 7 nitrogen and oxygen atoms in total. The van der Waals surface area contributed by atoms with E-state index in [0.29, 0.717) is 20.8 Å². The topological polar surface area (TPSA) is 110 Å². The number of hydrogen-bond donors (Lipinski definition) is 3. The summed E-state index contributed by atoms with van der Waals surface area (Å²) in [5, 5.41) is 13.7. The Morgan fingerprint density at radius 2 is 2.10 bits per heavy atom. The smallest absolute Gasteiger partial charge is 0.264 e. The molecule has 8 heteroatoms. The normalized spacial score (nSPS) is 11.4. The number of nitrogens with zero attached hydrogens (tertiary/aromatic N) is 2. The predicted octanol–water partition coefficient (Wildman–Crippen LogP) is 0.918. The van der Waals surface area contributed by atoms with Crippen molar-refractivity contribution < 1.29 is 9.59 Å². The summed E-state index contributed by atoms with van der Waals surface area (Å²) in [6, 6.07) is 1.71. The zero-order valence-electron chi connectivity index (χ0n) is 12.1. The average molecular weight is 307 g/mol. The van der Waals surface area contributed by atoms with Gasteiger partial charge in [0.25, 0.3) is 5.91 Å². The first kappa shape index (κ1) is 15.2. The minimum Gasteiger partial charge on any atom is -0.397 e. The summed E-state index contributed by atoms with van der Waals surface area (Å²) < 4.78 is 0. The summed E-state index contributed by atoms with van der Waals surface area (Å²) in [5.41, 5.74) is 5.95. The molecule has 0 aliphatic heterocycles. The maximum Gasteiger partial charge on any atom is 0.264 e. The van der Waals surface area contributed by atoms with Crippen molar-refractivity contribution >= 4 is 39.1 Å². The highest BCUT2D eigenvalue weighted by Crippen LogP contribution is 2.31. The summed E-state index contributed by atoms with van der Waals surface area (Å²) in [6.07, 6.45) is 1.52. The first-order chi connectivity index (χ1) is 9.78.